The number of hydrogen-bond acceptors (Lipinski definition) is 2. The van der Waals surface area contributed by atoms with E-state index in [1.165, 1.54) is 0 Å². The van der Waals surface area contributed by atoms with Crippen LogP contribution in [0.2, 0.25) is 15.1 Å². The Balaban J connectivity index is 1.88. The van der Waals surface area contributed by atoms with Crippen molar-refractivity contribution in [1.29, 1.82) is 0 Å². The summed E-state index contributed by atoms with van der Waals surface area (Å²) in [7, 11) is 0. The lowest BCUT2D eigenvalue weighted by Gasteiger charge is -2.19. The van der Waals surface area contributed by atoms with Gasteiger partial charge in [-0.1, -0.05) is 53.4 Å². The first-order valence-corrected chi connectivity index (χ1v) is 10.7. The quantitative estimate of drug-likeness (QED) is 0.499. The van der Waals surface area contributed by atoms with Crippen LogP contribution in [0.15, 0.2) is 42.5 Å². The fourth-order valence-electron chi connectivity index (χ4n) is 4.14. The molecule has 0 radical (unpaired) electrons. The van der Waals surface area contributed by atoms with E-state index >= 15 is 0 Å². The Morgan fingerprint density at radius 2 is 1.90 bits per heavy atom. The van der Waals surface area contributed by atoms with E-state index in [0.29, 0.717) is 26.4 Å². The minimum atomic E-state index is -0.520. The number of carbonyl (C=O) groups excluding carboxylic acids is 1. The van der Waals surface area contributed by atoms with Crippen molar-refractivity contribution >= 4 is 40.7 Å². The first kappa shape index (κ1) is 20.3. The van der Waals surface area contributed by atoms with Crippen molar-refractivity contribution in [2.75, 3.05) is 0 Å². The van der Waals surface area contributed by atoms with Gasteiger partial charge in [0.25, 0.3) is 5.91 Å². The highest BCUT2D eigenvalue weighted by atomic mass is 35.5. The first-order valence-electron chi connectivity index (χ1n) is 9.55. The van der Waals surface area contributed by atoms with Crippen molar-refractivity contribution in [3.8, 4) is 5.69 Å². The minimum Gasteiger partial charge on any atom is -0.364 e. The molecule has 2 N–H and O–H groups in total. The van der Waals surface area contributed by atoms with E-state index in [1.807, 2.05) is 24.3 Å². The molecule has 0 saturated carbocycles. The van der Waals surface area contributed by atoms with Crippen molar-refractivity contribution < 1.29 is 4.79 Å². The van der Waals surface area contributed by atoms with Crippen molar-refractivity contribution in [3.05, 3.63) is 80.0 Å². The molecule has 0 saturated heterocycles. The van der Waals surface area contributed by atoms with Crippen LogP contribution in [-0.4, -0.2) is 15.7 Å². The summed E-state index contributed by atoms with van der Waals surface area (Å²) in [6.07, 6.45) is 4.59. The Morgan fingerprint density at radius 3 is 2.62 bits per heavy atom. The van der Waals surface area contributed by atoms with Gasteiger partial charge >= 0.3 is 0 Å². The number of hydrogen-bond donors (Lipinski definition) is 1. The summed E-state index contributed by atoms with van der Waals surface area (Å²) in [5.74, 6) is -0.355. The largest absolute Gasteiger partial charge is 0.364 e. The van der Waals surface area contributed by atoms with Crippen LogP contribution in [0.1, 0.15) is 52.5 Å². The summed E-state index contributed by atoms with van der Waals surface area (Å²) >= 11 is 18.8. The second-order valence-electron chi connectivity index (χ2n) is 7.36. The predicted molar refractivity (Wildman–Crippen MR) is 118 cm³/mol. The van der Waals surface area contributed by atoms with Gasteiger partial charge in [-0.15, -0.1) is 0 Å². The summed E-state index contributed by atoms with van der Waals surface area (Å²) < 4.78 is 1.79. The smallest absolute Gasteiger partial charge is 0.269 e. The average Bonchev–Trinajstić information content (AvgIpc) is 2.92. The van der Waals surface area contributed by atoms with Crippen molar-refractivity contribution in [2.45, 2.75) is 38.0 Å². The van der Waals surface area contributed by atoms with Gasteiger partial charge in [0.2, 0.25) is 0 Å². The zero-order valence-electron chi connectivity index (χ0n) is 15.7. The predicted octanol–water partition coefficient (Wildman–Crippen LogP) is 5.98. The maximum atomic E-state index is 12.2. The summed E-state index contributed by atoms with van der Waals surface area (Å²) in [4.78, 5) is 12.2. The number of fused-ring (bicyclic) bond motifs is 1. The Labute approximate surface area is 184 Å². The molecule has 1 aromatic heterocycles. The molecule has 1 atom stereocenters. The lowest BCUT2D eigenvalue weighted by Crippen LogP contribution is -2.14. The van der Waals surface area contributed by atoms with Crippen LogP contribution in [0.3, 0.4) is 0 Å². The number of carbonyl (C=O) groups is 1. The third-order valence-corrected chi connectivity index (χ3v) is 6.15. The molecule has 1 aliphatic carbocycles. The topological polar surface area (TPSA) is 60.9 Å². The number of benzene rings is 2. The molecule has 1 amide bonds. The molecule has 4 nitrogen and oxygen atoms in total. The third kappa shape index (κ3) is 4.16. The third-order valence-electron chi connectivity index (χ3n) is 5.38. The van der Waals surface area contributed by atoms with Gasteiger partial charge < -0.3 is 5.73 Å². The zero-order chi connectivity index (χ0) is 20.5. The highest BCUT2D eigenvalue weighted by molar-refractivity contribution is 6.35. The molecule has 7 heteroatoms. The molecule has 1 heterocycles. The van der Waals surface area contributed by atoms with Crippen molar-refractivity contribution in [2.24, 2.45) is 5.73 Å². The standard InChI is InChI=1S/C22H20Cl3N3O/c23-15-6-3-4-13(11-15)10-14-5-1-2-7-17-20(22(26)29)27-28(21(14)17)19-9-8-16(24)12-18(19)25/h3-4,6,8-9,11-12,14H,1-2,5,7,10H2,(H2,26,29). The molecule has 0 aliphatic heterocycles. The van der Waals surface area contributed by atoms with Gasteiger partial charge in [-0.2, -0.15) is 5.10 Å². The van der Waals surface area contributed by atoms with Crippen LogP contribution in [0.25, 0.3) is 5.69 Å². The highest BCUT2D eigenvalue weighted by Gasteiger charge is 2.30. The number of rotatable bonds is 4. The lowest BCUT2D eigenvalue weighted by molar-refractivity contribution is 0.0994. The van der Waals surface area contributed by atoms with E-state index < -0.39 is 5.91 Å². The van der Waals surface area contributed by atoms with Crippen LogP contribution in [0, 0.1) is 0 Å². The molecule has 4 rings (SSSR count). The molecule has 0 fully saturated rings. The fourth-order valence-corrected chi connectivity index (χ4v) is 4.84. The minimum absolute atomic E-state index is 0.165. The van der Waals surface area contributed by atoms with E-state index in [9.17, 15) is 4.79 Å². The maximum absolute atomic E-state index is 12.2. The van der Waals surface area contributed by atoms with Gasteiger partial charge in [-0.25, -0.2) is 4.68 Å². The van der Waals surface area contributed by atoms with Gasteiger partial charge in [-0.3, -0.25) is 4.79 Å². The molecular weight excluding hydrogens is 429 g/mol. The molecule has 2 aromatic carbocycles. The number of aromatic nitrogens is 2. The van der Waals surface area contributed by atoms with Crippen LogP contribution < -0.4 is 5.73 Å². The maximum Gasteiger partial charge on any atom is 0.269 e. The van der Waals surface area contributed by atoms with Crippen molar-refractivity contribution in [1.82, 2.24) is 9.78 Å². The van der Waals surface area contributed by atoms with E-state index in [2.05, 4.69) is 11.2 Å². The number of halogens is 3. The molecule has 0 bridgehead atoms. The number of amides is 1. The molecule has 29 heavy (non-hydrogen) atoms. The van der Waals surface area contributed by atoms with E-state index in [-0.39, 0.29) is 5.92 Å². The van der Waals surface area contributed by atoms with Gasteiger partial charge in [0.15, 0.2) is 5.69 Å². The zero-order valence-corrected chi connectivity index (χ0v) is 17.9. The normalized spacial score (nSPS) is 16.3. The Bertz CT molecular complexity index is 1080. The monoisotopic (exact) mass is 447 g/mol. The number of nitrogens with two attached hydrogens (primary N) is 1. The molecule has 0 spiro atoms. The fraction of sp³-hybridized carbons (Fsp3) is 0.273. The molecule has 1 unspecified atom stereocenters. The SMILES string of the molecule is NC(=O)c1nn(-c2ccc(Cl)cc2Cl)c2c1CCCCC2Cc1cccc(Cl)c1. The summed E-state index contributed by atoms with van der Waals surface area (Å²) in [6, 6.07) is 13.1. The van der Waals surface area contributed by atoms with Gasteiger partial charge in [-0.05, 0) is 61.6 Å². The summed E-state index contributed by atoms with van der Waals surface area (Å²) in [6.45, 7) is 0. The van der Waals surface area contributed by atoms with Crippen LogP contribution in [0.4, 0.5) is 0 Å². The molecule has 3 aromatic rings. The van der Waals surface area contributed by atoms with Gasteiger partial charge in [0.1, 0.15) is 0 Å². The van der Waals surface area contributed by atoms with Crippen LogP contribution in [0.5, 0.6) is 0 Å². The molecule has 1 aliphatic rings. The second-order valence-corrected chi connectivity index (χ2v) is 8.64. The number of primary amides is 1. The Kier molecular flexibility index (Phi) is 5.86. The van der Waals surface area contributed by atoms with E-state index in [4.69, 9.17) is 40.5 Å². The molecular formula is C22H20Cl3N3O. The van der Waals surface area contributed by atoms with Gasteiger partial charge in [0, 0.05) is 21.5 Å². The Hall–Kier alpha value is -2.01. The van der Waals surface area contributed by atoms with Crippen LogP contribution in [-0.2, 0) is 12.8 Å². The van der Waals surface area contributed by atoms with E-state index in [0.717, 1.165) is 48.9 Å². The van der Waals surface area contributed by atoms with E-state index in [1.54, 1.807) is 16.8 Å². The summed E-state index contributed by atoms with van der Waals surface area (Å²) in [5.41, 5.74) is 9.76. The summed E-state index contributed by atoms with van der Waals surface area (Å²) in [5, 5.41) is 6.32. The second kappa shape index (κ2) is 8.39. The Morgan fingerprint density at radius 1 is 1.10 bits per heavy atom. The number of nitrogens with zero attached hydrogens (tertiary/aromatic N) is 2. The van der Waals surface area contributed by atoms with Gasteiger partial charge in [0.05, 0.1) is 16.4 Å². The molecule has 150 valence electrons. The average molecular weight is 449 g/mol. The lowest BCUT2D eigenvalue weighted by atomic mass is 9.91. The van der Waals surface area contributed by atoms with Crippen LogP contribution >= 0.6 is 34.8 Å². The highest BCUT2D eigenvalue weighted by Crippen LogP contribution is 2.38. The van der Waals surface area contributed by atoms with Crippen molar-refractivity contribution in [3.63, 3.8) is 0 Å². The first-order chi connectivity index (χ1) is 13.9.